The summed E-state index contributed by atoms with van der Waals surface area (Å²) in [6.07, 6.45) is 8.50. The van der Waals surface area contributed by atoms with Crippen LogP contribution in [-0.2, 0) is 11.3 Å². The van der Waals surface area contributed by atoms with E-state index in [-0.39, 0.29) is 23.1 Å². The molecule has 3 heterocycles. The maximum absolute atomic E-state index is 13.5. The molecule has 6 nitrogen and oxygen atoms in total. The Hall–Kier alpha value is -2.11. The molecule has 0 aromatic carbocycles. The summed E-state index contributed by atoms with van der Waals surface area (Å²) in [5.74, 6) is 1.78. The van der Waals surface area contributed by atoms with Gasteiger partial charge in [-0.1, -0.05) is 57.1 Å². The number of carbonyl (C=O) groups excluding carboxylic acids is 1. The first-order chi connectivity index (χ1) is 16.3. The van der Waals surface area contributed by atoms with Crippen molar-refractivity contribution in [1.29, 1.82) is 5.26 Å². The number of nitriles is 1. The van der Waals surface area contributed by atoms with Crippen LogP contribution in [0.3, 0.4) is 0 Å². The molecule has 4 rings (SSSR count). The molecular formula is C26H34N4O2S2. The van der Waals surface area contributed by atoms with Crippen LogP contribution in [0.15, 0.2) is 9.70 Å². The summed E-state index contributed by atoms with van der Waals surface area (Å²) in [6.45, 7) is 10.4. The minimum atomic E-state index is -0.254. The van der Waals surface area contributed by atoms with E-state index >= 15 is 0 Å². The molecule has 2 saturated heterocycles. The molecule has 0 N–H and O–H groups in total. The van der Waals surface area contributed by atoms with Crippen molar-refractivity contribution in [2.45, 2.75) is 78.8 Å². The number of nitrogens with zero attached hydrogens (tertiary/aromatic N) is 4. The normalized spacial score (nSPS) is 25.3. The number of hydrogen-bond acceptors (Lipinski definition) is 6. The summed E-state index contributed by atoms with van der Waals surface area (Å²) < 4.78 is 2.33. The Labute approximate surface area is 212 Å². The Morgan fingerprint density at radius 2 is 1.79 bits per heavy atom. The fourth-order valence-electron chi connectivity index (χ4n) is 5.88. The molecule has 3 fully saturated rings. The molecule has 34 heavy (non-hydrogen) atoms. The number of carbonyl (C=O) groups is 1. The number of aromatic nitrogens is 1. The maximum atomic E-state index is 13.5. The lowest BCUT2D eigenvalue weighted by atomic mass is 9.91. The number of rotatable bonds is 4. The minimum absolute atomic E-state index is 0.0413. The molecule has 3 aliphatic rings. The van der Waals surface area contributed by atoms with Crippen LogP contribution in [0.5, 0.6) is 0 Å². The van der Waals surface area contributed by atoms with Gasteiger partial charge in [-0.2, -0.15) is 5.26 Å². The number of hydrogen-bond donors (Lipinski definition) is 0. The summed E-state index contributed by atoms with van der Waals surface area (Å²) in [6, 6.07) is 2.30. The fraction of sp³-hybridized carbons (Fsp3) is 0.615. The number of amides is 1. The molecule has 0 spiro atoms. The smallest absolute Gasteiger partial charge is 0.270 e. The zero-order valence-electron chi connectivity index (χ0n) is 20.6. The van der Waals surface area contributed by atoms with E-state index in [1.54, 1.807) is 4.57 Å². The van der Waals surface area contributed by atoms with Gasteiger partial charge < -0.3 is 4.90 Å². The first kappa shape index (κ1) is 25.0. The first-order valence-electron chi connectivity index (χ1n) is 12.5. The van der Waals surface area contributed by atoms with Crippen molar-refractivity contribution in [2.75, 3.05) is 18.0 Å². The highest BCUT2D eigenvalue weighted by Gasteiger charge is 2.38. The van der Waals surface area contributed by atoms with Crippen LogP contribution in [0.4, 0.5) is 5.82 Å². The van der Waals surface area contributed by atoms with Crippen molar-refractivity contribution in [2.24, 2.45) is 11.8 Å². The predicted molar refractivity (Wildman–Crippen MR) is 143 cm³/mol. The maximum Gasteiger partial charge on any atom is 0.270 e. The van der Waals surface area contributed by atoms with Gasteiger partial charge in [-0.05, 0) is 56.6 Å². The molecule has 1 saturated carbocycles. The van der Waals surface area contributed by atoms with Crippen molar-refractivity contribution in [3.05, 3.63) is 31.9 Å². The standard InChI is InChI=1S/C26H34N4O2S2/c1-5-29-23(28-14-16(2)11-17(3)15-28)20(18(4)21(13-27)24(29)31)12-22-25(32)30(26(33)34-22)19-9-7-6-8-10-19/h12,16-17,19H,5-11,14-15H2,1-4H3. The second kappa shape index (κ2) is 10.2. The highest BCUT2D eigenvalue weighted by atomic mass is 32.2. The molecule has 182 valence electrons. The number of piperidine rings is 1. The summed E-state index contributed by atoms with van der Waals surface area (Å²) in [5.41, 5.74) is 1.33. The Balaban J connectivity index is 1.84. The molecule has 0 bridgehead atoms. The summed E-state index contributed by atoms with van der Waals surface area (Å²) in [5, 5.41) is 9.80. The van der Waals surface area contributed by atoms with Gasteiger partial charge in [-0.3, -0.25) is 19.1 Å². The molecule has 0 radical (unpaired) electrons. The third-order valence-corrected chi connectivity index (χ3v) is 8.70. The van der Waals surface area contributed by atoms with Gasteiger partial charge in [0, 0.05) is 31.2 Å². The van der Waals surface area contributed by atoms with Gasteiger partial charge in [0.1, 0.15) is 21.8 Å². The average Bonchev–Trinajstić information content (AvgIpc) is 3.08. The van der Waals surface area contributed by atoms with Gasteiger partial charge in [0.2, 0.25) is 0 Å². The largest absolute Gasteiger partial charge is 0.357 e. The molecule has 1 aliphatic carbocycles. The second-order valence-electron chi connectivity index (χ2n) is 10.1. The molecule has 1 aromatic heterocycles. The number of anilines is 1. The Bertz CT molecular complexity index is 1120. The Morgan fingerprint density at radius 3 is 2.38 bits per heavy atom. The van der Waals surface area contributed by atoms with Gasteiger partial charge in [0.25, 0.3) is 11.5 Å². The summed E-state index contributed by atoms with van der Waals surface area (Å²) in [4.78, 5) is 31.4. The number of thioether (sulfide) groups is 1. The monoisotopic (exact) mass is 498 g/mol. The summed E-state index contributed by atoms with van der Waals surface area (Å²) in [7, 11) is 0. The Kier molecular flexibility index (Phi) is 7.54. The molecule has 2 aliphatic heterocycles. The van der Waals surface area contributed by atoms with Gasteiger partial charge in [-0.15, -0.1) is 0 Å². The van der Waals surface area contributed by atoms with E-state index in [2.05, 4.69) is 24.8 Å². The van der Waals surface area contributed by atoms with Crippen molar-refractivity contribution in [1.82, 2.24) is 9.47 Å². The van der Waals surface area contributed by atoms with E-state index in [1.165, 1.54) is 18.2 Å². The van der Waals surface area contributed by atoms with Crippen LogP contribution in [0, 0.1) is 30.1 Å². The van der Waals surface area contributed by atoms with E-state index in [4.69, 9.17) is 12.2 Å². The topological polar surface area (TPSA) is 69.3 Å². The van der Waals surface area contributed by atoms with E-state index < -0.39 is 0 Å². The van der Waals surface area contributed by atoms with Gasteiger partial charge in [0.05, 0.1) is 4.91 Å². The summed E-state index contributed by atoms with van der Waals surface area (Å²) >= 11 is 6.99. The van der Waals surface area contributed by atoms with Crippen LogP contribution in [0.1, 0.15) is 76.0 Å². The molecular weight excluding hydrogens is 464 g/mol. The van der Waals surface area contributed by atoms with Crippen molar-refractivity contribution in [3.8, 4) is 6.07 Å². The van der Waals surface area contributed by atoms with Crippen molar-refractivity contribution in [3.63, 3.8) is 0 Å². The Morgan fingerprint density at radius 1 is 1.15 bits per heavy atom. The third-order valence-electron chi connectivity index (χ3n) is 7.37. The van der Waals surface area contributed by atoms with Gasteiger partial charge in [0.15, 0.2) is 0 Å². The lowest BCUT2D eigenvalue weighted by Crippen LogP contribution is -2.43. The van der Waals surface area contributed by atoms with Crippen LogP contribution in [0.2, 0.25) is 0 Å². The van der Waals surface area contributed by atoms with E-state index in [9.17, 15) is 14.9 Å². The van der Waals surface area contributed by atoms with Crippen molar-refractivity contribution >= 4 is 46.1 Å². The van der Waals surface area contributed by atoms with Crippen molar-refractivity contribution < 1.29 is 4.79 Å². The lowest BCUT2D eigenvalue weighted by Gasteiger charge is -2.38. The first-order valence-corrected chi connectivity index (χ1v) is 13.7. The lowest BCUT2D eigenvalue weighted by molar-refractivity contribution is -0.124. The van der Waals surface area contributed by atoms with E-state index in [0.29, 0.717) is 33.2 Å². The number of thiocarbonyl (C=S) groups is 1. The van der Waals surface area contributed by atoms with Gasteiger partial charge >= 0.3 is 0 Å². The highest BCUT2D eigenvalue weighted by molar-refractivity contribution is 8.26. The molecule has 8 heteroatoms. The molecule has 2 atom stereocenters. The molecule has 2 unspecified atom stereocenters. The minimum Gasteiger partial charge on any atom is -0.357 e. The van der Waals surface area contributed by atoms with E-state index in [1.807, 2.05) is 24.8 Å². The number of pyridine rings is 1. The van der Waals surface area contributed by atoms with E-state index in [0.717, 1.165) is 56.6 Å². The van der Waals surface area contributed by atoms with Crippen LogP contribution >= 0.6 is 24.0 Å². The zero-order valence-corrected chi connectivity index (χ0v) is 22.2. The second-order valence-corrected chi connectivity index (χ2v) is 11.8. The third kappa shape index (κ3) is 4.57. The van der Waals surface area contributed by atoms with Gasteiger partial charge in [-0.25, -0.2) is 0 Å². The SMILES string of the molecule is CCn1c(N2CC(C)CC(C)C2)c(C=C2SC(=S)N(C3CCCCC3)C2=O)c(C)c(C#N)c1=O. The molecule has 1 aromatic rings. The fourth-order valence-corrected chi connectivity index (χ4v) is 7.26. The molecule has 1 amide bonds. The quantitative estimate of drug-likeness (QED) is 0.427. The average molecular weight is 499 g/mol. The van der Waals surface area contributed by atoms with Crippen LogP contribution < -0.4 is 10.5 Å². The predicted octanol–water partition coefficient (Wildman–Crippen LogP) is 5.06. The zero-order chi connectivity index (χ0) is 24.6. The van der Waals surface area contributed by atoms with Crippen LogP contribution in [0.25, 0.3) is 6.08 Å². The van der Waals surface area contributed by atoms with Crippen LogP contribution in [-0.4, -0.2) is 38.8 Å². The highest BCUT2D eigenvalue weighted by Crippen LogP contribution is 2.39.